The fraction of sp³-hybridized carbons (Fsp3) is 0.143. The minimum Gasteiger partial charge on any atom is -0.455 e. The molecule has 1 aromatic carbocycles. The molecule has 1 N–H and O–H groups in total. The highest BCUT2D eigenvalue weighted by atomic mass is 32.1. The molecule has 0 radical (unpaired) electrons. The summed E-state index contributed by atoms with van der Waals surface area (Å²) < 4.78 is 4.84. The van der Waals surface area contributed by atoms with Crippen molar-refractivity contribution < 1.29 is 19.2 Å². The fourth-order valence-electron chi connectivity index (χ4n) is 1.68. The molecule has 0 aliphatic heterocycles. The van der Waals surface area contributed by atoms with Gasteiger partial charge in [0, 0.05) is 10.9 Å². The molecule has 7 nitrogen and oxygen atoms in total. The quantitative estimate of drug-likeness (QED) is 0.500. The number of carbonyl (C=O) groups is 2. The third kappa shape index (κ3) is 4.38. The summed E-state index contributed by atoms with van der Waals surface area (Å²) in [6.07, 6.45) is 0.0937. The van der Waals surface area contributed by atoms with E-state index in [9.17, 15) is 19.7 Å². The summed E-state index contributed by atoms with van der Waals surface area (Å²) in [6, 6.07) is 9.34. The molecule has 0 saturated carbocycles. The number of nitro groups is 1. The second kappa shape index (κ2) is 7.32. The Bertz CT molecular complexity index is 684. The summed E-state index contributed by atoms with van der Waals surface area (Å²) in [5.41, 5.74) is -0.160. The molecule has 0 spiro atoms. The van der Waals surface area contributed by atoms with Gasteiger partial charge in [-0.1, -0.05) is 18.2 Å². The van der Waals surface area contributed by atoms with Crippen LogP contribution >= 0.6 is 11.3 Å². The third-order valence-electron chi connectivity index (χ3n) is 2.64. The SMILES string of the molecule is O=C(COC(=O)Cc1cccs1)Nc1ccccc1[N+](=O)[O-]. The Morgan fingerprint density at radius 1 is 1.23 bits per heavy atom. The Kier molecular flexibility index (Phi) is 5.21. The monoisotopic (exact) mass is 320 g/mol. The molecule has 1 aromatic heterocycles. The highest BCUT2D eigenvalue weighted by Gasteiger charge is 2.15. The summed E-state index contributed by atoms with van der Waals surface area (Å²) in [6.45, 7) is -0.490. The van der Waals surface area contributed by atoms with E-state index in [1.807, 2.05) is 11.4 Å². The molecule has 0 aliphatic carbocycles. The van der Waals surface area contributed by atoms with Gasteiger partial charge in [-0.2, -0.15) is 0 Å². The fourth-order valence-corrected chi connectivity index (χ4v) is 2.37. The van der Waals surface area contributed by atoms with Crippen LogP contribution < -0.4 is 5.32 Å². The van der Waals surface area contributed by atoms with Gasteiger partial charge in [-0.25, -0.2) is 0 Å². The number of benzene rings is 1. The van der Waals surface area contributed by atoms with Crippen molar-refractivity contribution in [3.8, 4) is 0 Å². The number of hydrogen-bond donors (Lipinski definition) is 1. The van der Waals surface area contributed by atoms with Gasteiger partial charge in [0.05, 0.1) is 11.3 Å². The first-order valence-electron chi connectivity index (χ1n) is 6.27. The number of nitro benzene ring substituents is 1. The molecule has 0 atom stereocenters. The van der Waals surface area contributed by atoms with Crippen LogP contribution in [0.4, 0.5) is 11.4 Å². The van der Waals surface area contributed by atoms with Crippen LogP contribution in [0.2, 0.25) is 0 Å². The van der Waals surface area contributed by atoms with Crippen LogP contribution in [0.3, 0.4) is 0 Å². The van der Waals surface area contributed by atoms with Crippen LogP contribution in [0.25, 0.3) is 0 Å². The number of carbonyl (C=O) groups excluding carboxylic acids is 2. The maximum atomic E-state index is 11.7. The zero-order valence-corrected chi connectivity index (χ0v) is 12.2. The first-order chi connectivity index (χ1) is 10.6. The number of thiophene rings is 1. The van der Waals surface area contributed by atoms with E-state index in [1.165, 1.54) is 29.5 Å². The van der Waals surface area contributed by atoms with Gasteiger partial charge in [0.15, 0.2) is 6.61 Å². The van der Waals surface area contributed by atoms with Crippen LogP contribution in [0.15, 0.2) is 41.8 Å². The van der Waals surface area contributed by atoms with E-state index in [1.54, 1.807) is 12.1 Å². The number of amides is 1. The van der Waals surface area contributed by atoms with E-state index in [0.29, 0.717) is 0 Å². The van der Waals surface area contributed by atoms with Crippen LogP contribution in [0.1, 0.15) is 4.88 Å². The number of ether oxygens (including phenoxy) is 1. The number of nitrogens with zero attached hydrogens (tertiary/aromatic N) is 1. The van der Waals surface area contributed by atoms with Crippen molar-refractivity contribution in [2.75, 3.05) is 11.9 Å². The first-order valence-corrected chi connectivity index (χ1v) is 7.15. The van der Waals surface area contributed by atoms with Gasteiger partial charge >= 0.3 is 5.97 Å². The minimum atomic E-state index is -0.631. The second-order valence-corrected chi connectivity index (χ2v) is 5.27. The number of nitrogens with one attached hydrogen (secondary N) is 1. The van der Waals surface area contributed by atoms with Gasteiger partial charge in [-0.15, -0.1) is 11.3 Å². The summed E-state index contributed by atoms with van der Waals surface area (Å²) >= 11 is 1.42. The Morgan fingerprint density at radius 3 is 2.68 bits per heavy atom. The Labute approximate surface area is 129 Å². The predicted octanol–water partition coefficient (Wildman–Crippen LogP) is 2.38. The molecule has 1 heterocycles. The lowest BCUT2D eigenvalue weighted by Gasteiger charge is -2.06. The van der Waals surface area contributed by atoms with E-state index in [-0.39, 0.29) is 17.8 Å². The molecule has 0 bridgehead atoms. The van der Waals surface area contributed by atoms with Gasteiger partial charge in [0.25, 0.3) is 11.6 Å². The van der Waals surface area contributed by atoms with Crippen LogP contribution in [0.5, 0.6) is 0 Å². The topological polar surface area (TPSA) is 98.5 Å². The average molecular weight is 320 g/mol. The lowest BCUT2D eigenvalue weighted by atomic mass is 10.2. The van der Waals surface area contributed by atoms with Crippen molar-refractivity contribution in [3.63, 3.8) is 0 Å². The van der Waals surface area contributed by atoms with Crippen molar-refractivity contribution >= 4 is 34.6 Å². The maximum absolute atomic E-state index is 11.7. The molecular formula is C14H12N2O5S. The maximum Gasteiger partial charge on any atom is 0.311 e. The van der Waals surface area contributed by atoms with Crippen molar-refractivity contribution in [3.05, 3.63) is 56.8 Å². The number of hydrogen-bond acceptors (Lipinski definition) is 6. The second-order valence-electron chi connectivity index (χ2n) is 4.24. The van der Waals surface area contributed by atoms with Crippen LogP contribution in [0, 0.1) is 10.1 Å². The average Bonchev–Trinajstić information content (AvgIpc) is 2.98. The summed E-state index contributed by atoms with van der Waals surface area (Å²) in [5, 5.41) is 15.0. The van der Waals surface area contributed by atoms with Crippen LogP contribution in [-0.4, -0.2) is 23.4 Å². The molecule has 2 rings (SSSR count). The lowest BCUT2D eigenvalue weighted by molar-refractivity contribution is -0.383. The highest BCUT2D eigenvalue weighted by molar-refractivity contribution is 7.10. The van der Waals surface area contributed by atoms with Gasteiger partial charge < -0.3 is 10.1 Å². The largest absolute Gasteiger partial charge is 0.455 e. The summed E-state index contributed by atoms with van der Waals surface area (Å²) in [4.78, 5) is 34.3. The minimum absolute atomic E-state index is 0.0619. The number of para-hydroxylation sites is 2. The predicted molar refractivity (Wildman–Crippen MR) is 80.7 cm³/mol. The van der Waals surface area contributed by atoms with E-state index < -0.39 is 23.4 Å². The van der Waals surface area contributed by atoms with E-state index in [2.05, 4.69) is 5.32 Å². The molecule has 1 amide bonds. The van der Waals surface area contributed by atoms with Crippen molar-refractivity contribution in [2.45, 2.75) is 6.42 Å². The molecule has 8 heteroatoms. The smallest absolute Gasteiger partial charge is 0.311 e. The van der Waals surface area contributed by atoms with E-state index in [0.717, 1.165) is 4.88 Å². The molecule has 0 fully saturated rings. The highest BCUT2D eigenvalue weighted by Crippen LogP contribution is 2.22. The normalized spacial score (nSPS) is 10.0. The van der Waals surface area contributed by atoms with Gasteiger partial charge in [0.2, 0.25) is 0 Å². The third-order valence-corrected chi connectivity index (χ3v) is 3.51. The van der Waals surface area contributed by atoms with Crippen molar-refractivity contribution in [1.82, 2.24) is 0 Å². The van der Waals surface area contributed by atoms with Gasteiger partial charge in [-0.05, 0) is 17.5 Å². The Morgan fingerprint density at radius 2 is 2.00 bits per heavy atom. The summed E-state index contributed by atoms with van der Waals surface area (Å²) in [5.74, 6) is -1.16. The summed E-state index contributed by atoms with van der Waals surface area (Å²) in [7, 11) is 0. The number of esters is 1. The molecule has 2 aromatic rings. The molecule has 0 unspecified atom stereocenters. The van der Waals surface area contributed by atoms with Crippen LogP contribution in [-0.2, 0) is 20.7 Å². The Hall–Kier alpha value is -2.74. The molecule has 0 aliphatic rings. The van der Waals surface area contributed by atoms with Crippen molar-refractivity contribution in [1.29, 1.82) is 0 Å². The number of rotatable bonds is 6. The molecule has 22 heavy (non-hydrogen) atoms. The molecule has 0 saturated heterocycles. The standard InChI is InChI=1S/C14H12N2O5S/c17-13(9-21-14(18)8-10-4-3-7-22-10)15-11-5-1-2-6-12(11)16(19)20/h1-7H,8-9H2,(H,15,17). The van der Waals surface area contributed by atoms with E-state index in [4.69, 9.17) is 4.74 Å². The lowest BCUT2D eigenvalue weighted by Crippen LogP contribution is -2.21. The van der Waals surface area contributed by atoms with E-state index >= 15 is 0 Å². The number of anilines is 1. The van der Waals surface area contributed by atoms with Crippen molar-refractivity contribution in [2.24, 2.45) is 0 Å². The Balaban J connectivity index is 1.86. The zero-order chi connectivity index (χ0) is 15.9. The van der Waals surface area contributed by atoms with Gasteiger partial charge in [-0.3, -0.25) is 19.7 Å². The molecule has 114 valence electrons. The molecular weight excluding hydrogens is 308 g/mol. The zero-order valence-electron chi connectivity index (χ0n) is 11.4. The van der Waals surface area contributed by atoms with Gasteiger partial charge in [0.1, 0.15) is 5.69 Å². The first kappa shape index (κ1) is 15.6.